The zero-order valence-corrected chi connectivity index (χ0v) is 11.7. The lowest BCUT2D eigenvalue weighted by Gasteiger charge is -2.00. The second kappa shape index (κ2) is 5.22. The summed E-state index contributed by atoms with van der Waals surface area (Å²) < 4.78 is 18.1. The van der Waals surface area contributed by atoms with E-state index in [1.807, 2.05) is 6.07 Å². The van der Waals surface area contributed by atoms with Crippen molar-refractivity contribution in [2.45, 2.75) is 6.42 Å². The van der Waals surface area contributed by atoms with Crippen LogP contribution in [0.4, 0.5) is 9.39 Å². The first-order chi connectivity index (χ1) is 9.61. The minimum atomic E-state index is -0.374. The third-order valence-electron chi connectivity index (χ3n) is 2.67. The number of hydrogen-bond acceptors (Lipinski definition) is 5. The van der Waals surface area contributed by atoms with Crippen molar-refractivity contribution in [1.82, 2.24) is 10.1 Å². The van der Waals surface area contributed by atoms with Crippen LogP contribution in [-0.2, 0) is 6.42 Å². The number of nitrogens with zero attached hydrogens (tertiary/aromatic N) is 2. The third-order valence-corrected chi connectivity index (χ3v) is 3.92. The summed E-state index contributed by atoms with van der Waals surface area (Å²) in [6.07, 6.45) is 0.378. The third kappa shape index (κ3) is 2.66. The van der Waals surface area contributed by atoms with Crippen LogP contribution in [0.3, 0.4) is 0 Å². The van der Waals surface area contributed by atoms with Crippen LogP contribution in [0.1, 0.15) is 11.4 Å². The standard InChI is InChI=1S/C13H9ClFN3OS/c14-9-6-8(15)2-1-7(9)5-12-17-13(19-18-12)10-3-4-11(16)20-10/h1-4,6H,5,16H2. The molecule has 3 aromatic rings. The van der Waals surface area contributed by atoms with E-state index in [-0.39, 0.29) is 5.82 Å². The van der Waals surface area contributed by atoms with Gasteiger partial charge in [0.25, 0.3) is 5.89 Å². The summed E-state index contributed by atoms with van der Waals surface area (Å²) in [6.45, 7) is 0. The molecule has 2 N–H and O–H groups in total. The predicted molar refractivity (Wildman–Crippen MR) is 76.2 cm³/mol. The van der Waals surface area contributed by atoms with Gasteiger partial charge in [0, 0.05) is 11.4 Å². The van der Waals surface area contributed by atoms with Crippen molar-refractivity contribution in [2.24, 2.45) is 0 Å². The van der Waals surface area contributed by atoms with E-state index in [9.17, 15) is 4.39 Å². The molecule has 0 spiro atoms. The van der Waals surface area contributed by atoms with Gasteiger partial charge >= 0.3 is 0 Å². The summed E-state index contributed by atoms with van der Waals surface area (Å²) in [4.78, 5) is 5.09. The highest BCUT2D eigenvalue weighted by Gasteiger charge is 2.12. The fourth-order valence-corrected chi connectivity index (χ4v) is 2.66. The van der Waals surface area contributed by atoms with Gasteiger partial charge in [0.15, 0.2) is 5.82 Å². The fraction of sp³-hybridized carbons (Fsp3) is 0.0769. The normalized spacial score (nSPS) is 10.9. The number of aromatic nitrogens is 2. The average Bonchev–Trinajstić information content (AvgIpc) is 3.02. The first kappa shape index (κ1) is 13.1. The molecule has 0 radical (unpaired) electrons. The molecule has 0 saturated heterocycles. The smallest absolute Gasteiger partial charge is 0.268 e. The highest BCUT2D eigenvalue weighted by Crippen LogP contribution is 2.28. The molecule has 2 heterocycles. The molecule has 0 saturated carbocycles. The summed E-state index contributed by atoms with van der Waals surface area (Å²) >= 11 is 7.34. The fourth-order valence-electron chi connectivity index (χ4n) is 1.73. The van der Waals surface area contributed by atoms with Gasteiger partial charge in [-0.05, 0) is 29.8 Å². The molecular formula is C13H9ClFN3OS. The van der Waals surface area contributed by atoms with Crippen LogP contribution in [0.15, 0.2) is 34.9 Å². The first-order valence-electron chi connectivity index (χ1n) is 5.74. The summed E-state index contributed by atoms with van der Waals surface area (Å²) in [5.41, 5.74) is 6.40. The Morgan fingerprint density at radius 2 is 2.15 bits per heavy atom. The molecule has 0 fully saturated rings. The van der Waals surface area contributed by atoms with Crippen molar-refractivity contribution in [3.63, 3.8) is 0 Å². The quantitative estimate of drug-likeness (QED) is 0.800. The largest absolute Gasteiger partial charge is 0.391 e. The lowest BCUT2D eigenvalue weighted by Crippen LogP contribution is -1.92. The second-order valence-corrected chi connectivity index (χ2v) is 5.65. The van der Waals surface area contributed by atoms with Crippen molar-refractivity contribution in [3.05, 3.63) is 52.6 Å². The predicted octanol–water partition coefficient (Wildman–Crippen LogP) is 3.76. The molecule has 102 valence electrons. The summed E-state index contributed by atoms with van der Waals surface area (Å²) in [6, 6.07) is 7.82. The van der Waals surface area contributed by atoms with Crippen LogP contribution in [0, 0.1) is 5.82 Å². The molecule has 3 rings (SSSR count). The highest BCUT2D eigenvalue weighted by molar-refractivity contribution is 7.19. The van der Waals surface area contributed by atoms with E-state index in [1.165, 1.54) is 23.5 Å². The Morgan fingerprint density at radius 1 is 1.30 bits per heavy atom. The van der Waals surface area contributed by atoms with Gasteiger partial charge in [-0.2, -0.15) is 4.98 Å². The molecule has 2 aromatic heterocycles. The van der Waals surface area contributed by atoms with Crippen LogP contribution in [0.5, 0.6) is 0 Å². The molecule has 7 heteroatoms. The Morgan fingerprint density at radius 3 is 2.85 bits per heavy atom. The maximum absolute atomic E-state index is 13.0. The van der Waals surface area contributed by atoms with E-state index in [0.29, 0.717) is 28.2 Å². The average molecular weight is 310 g/mol. The topological polar surface area (TPSA) is 64.9 Å². The van der Waals surface area contributed by atoms with E-state index in [1.54, 1.807) is 12.1 Å². The number of halogens is 2. The number of hydrogen-bond donors (Lipinski definition) is 1. The SMILES string of the molecule is Nc1ccc(-c2nc(Cc3ccc(F)cc3Cl)no2)s1. The number of nitrogens with two attached hydrogens (primary N) is 1. The number of benzene rings is 1. The molecular weight excluding hydrogens is 301 g/mol. The van der Waals surface area contributed by atoms with Crippen molar-refractivity contribution in [1.29, 1.82) is 0 Å². The highest BCUT2D eigenvalue weighted by atomic mass is 35.5. The molecule has 0 bridgehead atoms. The van der Waals surface area contributed by atoms with Gasteiger partial charge in [-0.15, -0.1) is 11.3 Å². The minimum Gasteiger partial charge on any atom is -0.391 e. The number of thiophene rings is 1. The number of anilines is 1. The Hall–Kier alpha value is -1.92. The Bertz CT molecular complexity index is 756. The van der Waals surface area contributed by atoms with Crippen LogP contribution < -0.4 is 5.73 Å². The molecule has 4 nitrogen and oxygen atoms in total. The molecule has 20 heavy (non-hydrogen) atoms. The van der Waals surface area contributed by atoms with Crippen LogP contribution >= 0.6 is 22.9 Å². The Balaban J connectivity index is 1.84. The van der Waals surface area contributed by atoms with Crippen LogP contribution in [-0.4, -0.2) is 10.1 Å². The molecule has 0 aliphatic heterocycles. The van der Waals surface area contributed by atoms with E-state index in [4.69, 9.17) is 21.9 Å². The van der Waals surface area contributed by atoms with Gasteiger partial charge in [0.05, 0.1) is 9.88 Å². The van der Waals surface area contributed by atoms with Gasteiger partial charge in [-0.1, -0.05) is 22.8 Å². The summed E-state index contributed by atoms with van der Waals surface area (Å²) in [5, 5.41) is 4.91. The lowest BCUT2D eigenvalue weighted by molar-refractivity contribution is 0.424. The van der Waals surface area contributed by atoms with E-state index >= 15 is 0 Å². The van der Waals surface area contributed by atoms with Gasteiger partial charge < -0.3 is 10.3 Å². The molecule has 1 aromatic carbocycles. The monoisotopic (exact) mass is 309 g/mol. The van der Waals surface area contributed by atoms with Gasteiger partial charge in [0.1, 0.15) is 5.82 Å². The Kier molecular flexibility index (Phi) is 3.42. The zero-order chi connectivity index (χ0) is 14.1. The van der Waals surface area contributed by atoms with Crippen LogP contribution in [0.2, 0.25) is 5.02 Å². The maximum atomic E-state index is 13.0. The van der Waals surface area contributed by atoms with E-state index in [0.717, 1.165) is 10.4 Å². The summed E-state index contributed by atoms with van der Waals surface area (Å²) in [7, 11) is 0. The van der Waals surface area contributed by atoms with Crippen molar-refractivity contribution in [3.8, 4) is 10.8 Å². The second-order valence-electron chi connectivity index (χ2n) is 4.13. The molecule has 0 unspecified atom stereocenters. The van der Waals surface area contributed by atoms with E-state index in [2.05, 4.69) is 10.1 Å². The number of nitrogen functional groups attached to an aromatic ring is 1. The minimum absolute atomic E-state index is 0.344. The summed E-state index contributed by atoms with van der Waals surface area (Å²) in [5.74, 6) is 0.530. The lowest BCUT2D eigenvalue weighted by atomic mass is 10.1. The van der Waals surface area contributed by atoms with Gasteiger partial charge in [0.2, 0.25) is 0 Å². The van der Waals surface area contributed by atoms with E-state index < -0.39 is 0 Å². The van der Waals surface area contributed by atoms with Gasteiger partial charge in [-0.25, -0.2) is 4.39 Å². The van der Waals surface area contributed by atoms with Gasteiger partial charge in [-0.3, -0.25) is 0 Å². The number of rotatable bonds is 3. The Labute approximate surface area is 123 Å². The van der Waals surface area contributed by atoms with Crippen molar-refractivity contribution < 1.29 is 8.91 Å². The van der Waals surface area contributed by atoms with Crippen LogP contribution in [0.25, 0.3) is 10.8 Å². The molecule has 0 aliphatic rings. The molecule has 0 atom stereocenters. The molecule has 0 aliphatic carbocycles. The zero-order valence-electron chi connectivity index (χ0n) is 10.1. The maximum Gasteiger partial charge on any atom is 0.268 e. The molecule has 0 amide bonds. The van der Waals surface area contributed by atoms with Crippen molar-refractivity contribution >= 4 is 27.9 Å². The first-order valence-corrected chi connectivity index (χ1v) is 6.93. The van der Waals surface area contributed by atoms with Crippen molar-refractivity contribution in [2.75, 3.05) is 5.73 Å².